The van der Waals surface area contributed by atoms with Crippen LogP contribution in [-0.2, 0) is 34.6 Å². The van der Waals surface area contributed by atoms with Crippen LogP contribution in [0.1, 0.15) is 57.8 Å². The van der Waals surface area contributed by atoms with Gasteiger partial charge in [0.25, 0.3) is 11.8 Å². The second-order valence-electron chi connectivity index (χ2n) is 10.3. The Labute approximate surface area is 221 Å². The minimum Gasteiger partial charge on any atom is -0.378 e. The number of carbonyl (C=O) groups excluding carboxylic acids is 2. The van der Waals surface area contributed by atoms with E-state index in [0.29, 0.717) is 74.6 Å². The SMILES string of the molecule is Cn1nc(C(=O)NCc2ccc(Cl)cc2)c2c1C(=O)N(CC1(S(=O)(=O)C3(COCCN)CC3)CC1)CC2. The second kappa shape index (κ2) is 9.68. The zero-order chi connectivity index (χ0) is 26.4. The third-order valence-electron chi connectivity index (χ3n) is 7.71. The number of amides is 2. The van der Waals surface area contributed by atoms with Crippen LogP contribution in [0.3, 0.4) is 0 Å². The fraction of sp³-hybridized carbons (Fsp3) is 0.560. The molecule has 0 spiro atoms. The van der Waals surface area contributed by atoms with Gasteiger partial charge >= 0.3 is 0 Å². The van der Waals surface area contributed by atoms with Crippen molar-refractivity contribution in [1.29, 1.82) is 0 Å². The molecule has 2 aliphatic carbocycles. The van der Waals surface area contributed by atoms with E-state index in [-0.39, 0.29) is 30.7 Å². The Bertz CT molecular complexity index is 1320. The number of sulfone groups is 1. The average Bonchev–Trinajstić information content (AvgIpc) is 3.79. The minimum atomic E-state index is -3.51. The maximum absolute atomic E-state index is 13.7. The Morgan fingerprint density at radius 3 is 2.49 bits per heavy atom. The van der Waals surface area contributed by atoms with Gasteiger partial charge in [0.2, 0.25) is 0 Å². The Morgan fingerprint density at radius 1 is 1.19 bits per heavy atom. The lowest BCUT2D eigenvalue weighted by atomic mass is 10.0. The fourth-order valence-electron chi connectivity index (χ4n) is 5.20. The number of hydrogen-bond donors (Lipinski definition) is 2. The van der Waals surface area contributed by atoms with E-state index in [2.05, 4.69) is 10.4 Å². The normalized spacial score (nSPS) is 19.4. The quantitative estimate of drug-likeness (QED) is 0.405. The first-order chi connectivity index (χ1) is 17.6. The van der Waals surface area contributed by atoms with Gasteiger partial charge in [-0.2, -0.15) is 5.10 Å². The Morgan fingerprint density at radius 2 is 1.86 bits per heavy atom. The van der Waals surface area contributed by atoms with Crippen LogP contribution in [0.4, 0.5) is 0 Å². The zero-order valence-corrected chi connectivity index (χ0v) is 22.4. The summed E-state index contributed by atoms with van der Waals surface area (Å²) in [6, 6.07) is 7.17. The van der Waals surface area contributed by atoms with E-state index in [1.54, 1.807) is 24.1 Å². The molecule has 200 valence electrons. The molecule has 0 saturated heterocycles. The van der Waals surface area contributed by atoms with Gasteiger partial charge in [-0.1, -0.05) is 23.7 Å². The molecule has 2 heterocycles. The molecule has 1 aromatic carbocycles. The molecule has 0 radical (unpaired) electrons. The smallest absolute Gasteiger partial charge is 0.272 e. The Kier molecular flexibility index (Phi) is 6.84. The van der Waals surface area contributed by atoms with Crippen molar-refractivity contribution in [3.05, 3.63) is 51.8 Å². The summed E-state index contributed by atoms with van der Waals surface area (Å²) in [5.41, 5.74) is 7.54. The number of benzene rings is 1. The number of hydrogen-bond acceptors (Lipinski definition) is 7. The molecule has 5 rings (SSSR count). The number of aryl methyl sites for hydroxylation is 1. The van der Waals surface area contributed by atoms with Gasteiger partial charge in [0.15, 0.2) is 15.5 Å². The highest BCUT2D eigenvalue weighted by Gasteiger charge is 2.68. The highest BCUT2D eigenvalue weighted by molar-refractivity contribution is 7.94. The van der Waals surface area contributed by atoms with E-state index in [1.165, 1.54) is 4.68 Å². The maximum atomic E-state index is 13.7. The van der Waals surface area contributed by atoms with Crippen LogP contribution in [0.25, 0.3) is 0 Å². The summed E-state index contributed by atoms with van der Waals surface area (Å²) >= 11 is 5.92. The van der Waals surface area contributed by atoms with Gasteiger partial charge in [0.1, 0.15) is 5.69 Å². The minimum absolute atomic E-state index is 0.148. The topological polar surface area (TPSA) is 137 Å². The summed E-state index contributed by atoms with van der Waals surface area (Å²) in [7, 11) is -1.87. The van der Waals surface area contributed by atoms with Crippen molar-refractivity contribution in [2.45, 2.75) is 48.1 Å². The van der Waals surface area contributed by atoms with Gasteiger partial charge in [0.05, 0.1) is 22.7 Å². The fourth-order valence-corrected chi connectivity index (χ4v) is 8.09. The molecule has 0 atom stereocenters. The predicted octanol–water partition coefficient (Wildman–Crippen LogP) is 1.46. The molecular weight excluding hydrogens is 518 g/mol. The molecule has 0 unspecified atom stereocenters. The van der Waals surface area contributed by atoms with Crippen LogP contribution in [0.2, 0.25) is 5.02 Å². The van der Waals surface area contributed by atoms with E-state index in [9.17, 15) is 18.0 Å². The standard InChI is InChI=1S/C25H32ClN5O5S/c1-30-21-19(20(29-30)22(32)28-14-17-2-4-18(26)5-3-17)6-12-31(23(21)33)15-24(7-8-24)37(34,35)25(9-10-25)16-36-13-11-27/h2-5H,6-16,27H2,1H3,(H,28,32). The third-order valence-corrected chi connectivity index (χ3v) is 11.3. The average molecular weight is 550 g/mol. The van der Waals surface area contributed by atoms with Crippen molar-refractivity contribution in [2.24, 2.45) is 12.8 Å². The lowest BCUT2D eigenvalue weighted by Crippen LogP contribution is -2.49. The molecule has 3 N–H and O–H groups in total. The molecule has 2 saturated carbocycles. The maximum Gasteiger partial charge on any atom is 0.272 e. The number of fused-ring (bicyclic) bond motifs is 1. The molecule has 0 bridgehead atoms. The van der Waals surface area contributed by atoms with Gasteiger partial charge in [0, 0.05) is 43.8 Å². The first kappa shape index (κ1) is 26.1. The number of nitrogens with two attached hydrogens (primary N) is 1. The van der Waals surface area contributed by atoms with Gasteiger partial charge in [-0.05, 0) is 49.8 Å². The molecule has 2 amide bonds. The second-order valence-corrected chi connectivity index (χ2v) is 13.5. The molecule has 1 aliphatic heterocycles. The number of aromatic nitrogens is 2. The summed E-state index contributed by atoms with van der Waals surface area (Å²) in [4.78, 5) is 28.0. The monoisotopic (exact) mass is 549 g/mol. The van der Waals surface area contributed by atoms with Gasteiger partial charge < -0.3 is 20.7 Å². The van der Waals surface area contributed by atoms with E-state index < -0.39 is 19.3 Å². The first-order valence-corrected chi connectivity index (χ1v) is 14.4. The Hall–Kier alpha value is -2.47. The van der Waals surface area contributed by atoms with Crippen molar-refractivity contribution in [2.75, 3.05) is 32.8 Å². The molecule has 12 heteroatoms. The number of nitrogens with zero attached hydrogens (tertiary/aromatic N) is 3. The van der Waals surface area contributed by atoms with Crippen molar-refractivity contribution >= 4 is 33.3 Å². The summed E-state index contributed by atoms with van der Waals surface area (Å²) in [6.45, 7) is 1.62. The van der Waals surface area contributed by atoms with Crippen LogP contribution in [0, 0.1) is 0 Å². The summed E-state index contributed by atoms with van der Waals surface area (Å²) in [5.74, 6) is -0.652. The van der Waals surface area contributed by atoms with Crippen molar-refractivity contribution in [3.8, 4) is 0 Å². The molecule has 2 fully saturated rings. The number of rotatable bonds is 11. The summed E-state index contributed by atoms with van der Waals surface area (Å²) in [5, 5.41) is 7.82. The Balaban J connectivity index is 1.28. The molecule has 10 nitrogen and oxygen atoms in total. The van der Waals surface area contributed by atoms with E-state index in [4.69, 9.17) is 22.1 Å². The molecule has 2 aromatic rings. The predicted molar refractivity (Wildman–Crippen MR) is 138 cm³/mol. The lowest BCUT2D eigenvalue weighted by molar-refractivity contribution is 0.0724. The van der Waals surface area contributed by atoms with E-state index in [0.717, 1.165) is 5.56 Å². The van der Waals surface area contributed by atoms with E-state index >= 15 is 0 Å². The lowest BCUT2D eigenvalue weighted by Gasteiger charge is -2.32. The van der Waals surface area contributed by atoms with Crippen LogP contribution >= 0.6 is 11.6 Å². The van der Waals surface area contributed by atoms with Gasteiger partial charge in [-0.3, -0.25) is 14.3 Å². The van der Waals surface area contributed by atoms with Crippen LogP contribution < -0.4 is 11.1 Å². The van der Waals surface area contributed by atoms with Crippen LogP contribution in [-0.4, -0.2) is 77.3 Å². The largest absolute Gasteiger partial charge is 0.378 e. The zero-order valence-electron chi connectivity index (χ0n) is 20.8. The van der Waals surface area contributed by atoms with E-state index in [1.807, 2.05) is 12.1 Å². The highest BCUT2D eigenvalue weighted by atomic mass is 35.5. The van der Waals surface area contributed by atoms with Crippen molar-refractivity contribution in [1.82, 2.24) is 20.0 Å². The van der Waals surface area contributed by atoms with Crippen LogP contribution in [0.15, 0.2) is 24.3 Å². The number of halogens is 1. The summed E-state index contributed by atoms with van der Waals surface area (Å²) in [6.07, 6.45) is 2.66. The summed E-state index contributed by atoms with van der Waals surface area (Å²) < 4.78 is 32.5. The third kappa shape index (κ3) is 4.67. The van der Waals surface area contributed by atoms with Gasteiger partial charge in [-0.25, -0.2) is 8.42 Å². The van der Waals surface area contributed by atoms with Crippen molar-refractivity contribution < 1.29 is 22.7 Å². The molecule has 3 aliphatic rings. The molecule has 37 heavy (non-hydrogen) atoms. The number of nitrogens with one attached hydrogen (secondary N) is 1. The number of ether oxygens (including phenoxy) is 1. The highest BCUT2D eigenvalue weighted by Crippen LogP contribution is 2.57. The first-order valence-electron chi connectivity index (χ1n) is 12.5. The number of carbonyl (C=O) groups is 2. The molecular formula is C25H32ClN5O5S. The van der Waals surface area contributed by atoms with Gasteiger partial charge in [-0.15, -0.1) is 0 Å². The molecule has 1 aromatic heterocycles. The van der Waals surface area contributed by atoms with Crippen molar-refractivity contribution in [3.63, 3.8) is 0 Å². The van der Waals surface area contributed by atoms with Crippen LogP contribution in [0.5, 0.6) is 0 Å².